The Bertz CT molecular complexity index is 1710. The van der Waals surface area contributed by atoms with E-state index < -0.39 is 19.9 Å². The van der Waals surface area contributed by atoms with Gasteiger partial charge in [0.2, 0.25) is 0 Å². The lowest BCUT2D eigenvalue weighted by molar-refractivity contribution is 0.112. The minimum atomic E-state index is -4.07. The molecule has 1 aliphatic rings. The molecule has 0 aliphatic carbocycles. The summed E-state index contributed by atoms with van der Waals surface area (Å²) in [6.45, 7) is 2.06. The smallest absolute Gasteiger partial charge is 0.269 e. The lowest BCUT2D eigenvalue weighted by atomic mass is 10.1. The fourth-order valence-electron chi connectivity index (χ4n) is 4.97. The Morgan fingerprint density at radius 1 is 0.974 bits per heavy atom. The fraction of sp³-hybridized carbons (Fsp3) is 0.259. The van der Waals surface area contributed by atoms with Crippen LogP contribution in [0, 0.1) is 0 Å². The van der Waals surface area contributed by atoms with E-state index in [2.05, 4.69) is 9.88 Å². The Morgan fingerprint density at radius 2 is 1.63 bits per heavy atom. The van der Waals surface area contributed by atoms with Crippen molar-refractivity contribution >= 4 is 43.0 Å². The lowest BCUT2D eigenvalue weighted by Crippen LogP contribution is -2.38. The van der Waals surface area contributed by atoms with Crippen LogP contribution in [0.25, 0.3) is 22.3 Å². The summed E-state index contributed by atoms with van der Waals surface area (Å²) >= 11 is 0. The second-order valence-electron chi connectivity index (χ2n) is 9.61. The average molecular weight is 553 g/mol. The first-order chi connectivity index (χ1) is 18.1. The van der Waals surface area contributed by atoms with E-state index >= 15 is 0 Å². The molecule has 3 heterocycles. The molecular weight excluding hydrogens is 524 g/mol. The number of anilines is 1. The number of rotatable bonds is 7. The van der Waals surface area contributed by atoms with Gasteiger partial charge in [-0.25, -0.2) is 25.8 Å². The van der Waals surface area contributed by atoms with Gasteiger partial charge in [0.15, 0.2) is 11.9 Å². The predicted octanol–water partition coefficient (Wildman–Crippen LogP) is 3.34. The van der Waals surface area contributed by atoms with Crippen molar-refractivity contribution in [2.75, 3.05) is 25.1 Å². The van der Waals surface area contributed by atoms with Crippen molar-refractivity contribution < 1.29 is 21.6 Å². The number of piperidine rings is 1. The summed E-state index contributed by atoms with van der Waals surface area (Å²) in [5.74, 6) is 0.0451. The largest absolute Gasteiger partial charge is 0.384 e. The number of carbonyl (C=O) groups excluding carboxylic acids is 1. The molecule has 11 heteroatoms. The second-order valence-corrected chi connectivity index (χ2v) is 13.7. The van der Waals surface area contributed by atoms with Crippen molar-refractivity contribution in [3.8, 4) is 11.3 Å². The molecule has 4 aromatic rings. The number of nitrogens with zero attached hydrogens (tertiary/aromatic N) is 3. The van der Waals surface area contributed by atoms with Gasteiger partial charge in [0.1, 0.15) is 15.7 Å². The summed E-state index contributed by atoms with van der Waals surface area (Å²) in [7, 11) is -7.09. The maximum absolute atomic E-state index is 13.8. The van der Waals surface area contributed by atoms with Crippen LogP contribution in [0.15, 0.2) is 71.6 Å². The first kappa shape index (κ1) is 26.1. The number of sulfone groups is 1. The van der Waals surface area contributed by atoms with E-state index in [4.69, 9.17) is 5.73 Å². The summed E-state index contributed by atoms with van der Waals surface area (Å²) in [5, 5.41) is 0.107. The van der Waals surface area contributed by atoms with Crippen LogP contribution in [0.5, 0.6) is 0 Å². The predicted molar refractivity (Wildman–Crippen MR) is 147 cm³/mol. The summed E-state index contributed by atoms with van der Waals surface area (Å²) < 4.78 is 52.4. The van der Waals surface area contributed by atoms with Gasteiger partial charge in [-0.2, -0.15) is 0 Å². The monoisotopic (exact) mass is 552 g/mol. The highest BCUT2D eigenvalue weighted by molar-refractivity contribution is 7.91. The SMILES string of the molecule is CS(=O)(=O)C1CCN(Cc2ccc(-c3cc4c(C=O)cc(N)nc4n3S(=O)(=O)c3ccccc3)cc2)CC1. The highest BCUT2D eigenvalue weighted by atomic mass is 32.2. The van der Waals surface area contributed by atoms with E-state index in [0.717, 1.165) is 9.54 Å². The Hall–Kier alpha value is -3.54. The minimum Gasteiger partial charge on any atom is -0.384 e. The molecule has 38 heavy (non-hydrogen) atoms. The van der Waals surface area contributed by atoms with Crippen LogP contribution in [0.3, 0.4) is 0 Å². The number of hydrogen-bond acceptors (Lipinski definition) is 8. The Balaban J connectivity index is 1.52. The van der Waals surface area contributed by atoms with Crippen LogP contribution in [-0.2, 0) is 26.4 Å². The molecule has 0 radical (unpaired) electrons. The van der Waals surface area contributed by atoms with Crippen LogP contribution < -0.4 is 5.73 Å². The Kier molecular flexibility index (Phi) is 6.84. The van der Waals surface area contributed by atoms with Crippen molar-refractivity contribution in [2.45, 2.75) is 29.5 Å². The van der Waals surface area contributed by atoms with Gasteiger partial charge in [0, 0.05) is 23.8 Å². The van der Waals surface area contributed by atoms with Gasteiger partial charge in [0.25, 0.3) is 10.0 Å². The summed E-state index contributed by atoms with van der Waals surface area (Å²) in [4.78, 5) is 18.4. The molecule has 0 atom stereocenters. The maximum Gasteiger partial charge on any atom is 0.269 e. The number of likely N-dealkylation sites (tertiary alicyclic amines) is 1. The molecule has 5 rings (SSSR count). The molecule has 0 amide bonds. The number of benzene rings is 2. The van der Waals surface area contributed by atoms with Gasteiger partial charge < -0.3 is 5.73 Å². The van der Waals surface area contributed by atoms with Gasteiger partial charge in [-0.05, 0) is 61.3 Å². The van der Waals surface area contributed by atoms with Gasteiger partial charge in [-0.15, -0.1) is 0 Å². The van der Waals surface area contributed by atoms with Gasteiger partial charge >= 0.3 is 0 Å². The van der Waals surface area contributed by atoms with E-state index in [9.17, 15) is 21.6 Å². The molecule has 198 valence electrons. The van der Waals surface area contributed by atoms with Gasteiger partial charge in [0.05, 0.1) is 15.8 Å². The van der Waals surface area contributed by atoms with Gasteiger partial charge in [-0.1, -0.05) is 42.5 Å². The average Bonchev–Trinajstić information content (AvgIpc) is 3.29. The first-order valence-electron chi connectivity index (χ1n) is 12.2. The second kappa shape index (κ2) is 9.97. The lowest BCUT2D eigenvalue weighted by Gasteiger charge is -2.31. The van der Waals surface area contributed by atoms with E-state index in [1.165, 1.54) is 24.5 Å². The maximum atomic E-state index is 13.8. The topological polar surface area (TPSA) is 132 Å². The van der Waals surface area contributed by atoms with E-state index in [1.54, 1.807) is 24.3 Å². The molecule has 2 N–H and O–H groups in total. The summed E-state index contributed by atoms with van der Waals surface area (Å²) in [6, 6.07) is 18.6. The van der Waals surface area contributed by atoms with E-state index in [1.807, 2.05) is 24.3 Å². The molecule has 1 aliphatic heterocycles. The third-order valence-electron chi connectivity index (χ3n) is 6.99. The molecule has 0 bridgehead atoms. The molecule has 0 unspecified atom stereocenters. The quantitative estimate of drug-likeness (QED) is 0.345. The number of aromatic nitrogens is 2. The molecular formula is C27H28N4O5S2. The number of pyridine rings is 1. The normalized spacial score (nSPS) is 15.6. The van der Waals surface area contributed by atoms with Crippen molar-refractivity contribution in [2.24, 2.45) is 0 Å². The highest BCUT2D eigenvalue weighted by Gasteiger charge is 2.28. The number of nitrogens with two attached hydrogens (primary N) is 1. The molecule has 2 aromatic carbocycles. The Morgan fingerprint density at radius 3 is 2.24 bits per heavy atom. The zero-order chi connectivity index (χ0) is 27.1. The summed E-state index contributed by atoms with van der Waals surface area (Å²) in [6.07, 6.45) is 3.16. The highest BCUT2D eigenvalue weighted by Crippen LogP contribution is 2.33. The Labute approximate surface area is 221 Å². The first-order valence-corrected chi connectivity index (χ1v) is 15.6. The van der Waals surface area contributed by atoms with Crippen molar-refractivity contribution in [1.29, 1.82) is 0 Å². The molecule has 1 saturated heterocycles. The minimum absolute atomic E-state index is 0.0451. The third kappa shape index (κ3) is 4.96. The van der Waals surface area contributed by atoms with Crippen molar-refractivity contribution in [3.63, 3.8) is 0 Å². The number of hydrogen-bond donors (Lipinski definition) is 1. The van der Waals surface area contributed by atoms with Crippen LogP contribution in [0.4, 0.5) is 5.82 Å². The van der Waals surface area contributed by atoms with Gasteiger partial charge in [-0.3, -0.25) is 9.69 Å². The molecule has 9 nitrogen and oxygen atoms in total. The third-order valence-corrected chi connectivity index (χ3v) is 10.4. The number of carbonyl (C=O) groups is 1. The van der Waals surface area contributed by atoms with Crippen molar-refractivity contribution in [3.05, 3.63) is 77.9 Å². The molecule has 1 fully saturated rings. The molecule has 2 aromatic heterocycles. The summed E-state index contributed by atoms with van der Waals surface area (Å²) in [5.41, 5.74) is 8.29. The number of aldehydes is 1. The standard InChI is InChI=1S/C27H28N4O5S2/c1-37(33,34)22-11-13-30(14-12-22)17-19-7-9-20(10-8-19)25-16-24-21(18-32)15-26(28)29-27(24)31(25)38(35,36)23-5-3-2-4-6-23/h2-10,15-16,18,22H,11-14,17H2,1H3,(H2,28,29). The molecule has 0 spiro atoms. The van der Waals surface area contributed by atoms with Crippen molar-refractivity contribution in [1.82, 2.24) is 13.9 Å². The van der Waals surface area contributed by atoms with Crippen LogP contribution in [-0.4, -0.2) is 61.6 Å². The van der Waals surface area contributed by atoms with Crippen LogP contribution >= 0.6 is 0 Å². The molecule has 0 saturated carbocycles. The zero-order valence-electron chi connectivity index (χ0n) is 20.8. The zero-order valence-corrected chi connectivity index (χ0v) is 22.5. The van der Waals surface area contributed by atoms with Crippen LogP contribution in [0.1, 0.15) is 28.8 Å². The number of nitrogen functional groups attached to an aromatic ring is 1. The van der Waals surface area contributed by atoms with E-state index in [0.29, 0.717) is 55.4 Å². The van der Waals surface area contributed by atoms with Crippen LogP contribution in [0.2, 0.25) is 0 Å². The number of fused-ring (bicyclic) bond motifs is 1. The fourth-order valence-corrected chi connectivity index (χ4v) is 7.53. The van der Waals surface area contributed by atoms with E-state index in [-0.39, 0.29) is 27.2 Å².